The topological polar surface area (TPSA) is 68.5 Å². The second kappa shape index (κ2) is 7.80. The van der Waals surface area contributed by atoms with Crippen molar-refractivity contribution in [2.45, 2.75) is 0 Å². The summed E-state index contributed by atoms with van der Waals surface area (Å²) in [5.74, 6) is -0.800. The van der Waals surface area contributed by atoms with Crippen LogP contribution in [0.25, 0.3) is 11.0 Å². The number of ether oxygens (including phenoxy) is 1. The summed E-state index contributed by atoms with van der Waals surface area (Å²) in [6, 6.07) is 25.5. The molecule has 0 unspecified atom stereocenters. The summed E-state index contributed by atoms with van der Waals surface area (Å²) in [6.45, 7) is -0.391. The van der Waals surface area contributed by atoms with Crippen LogP contribution in [0.4, 0.5) is 11.4 Å². The van der Waals surface area contributed by atoms with E-state index in [2.05, 4.69) is 5.32 Å². The van der Waals surface area contributed by atoms with Crippen LogP contribution >= 0.6 is 0 Å². The van der Waals surface area contributed by atoms with Crippen LogP contribution in [0.5, 0.6) is 0 Å². The molecule has 1 N–H and O–H groups in total. The van der Waals surface area contributed by atoms with Crippen molar-refractivity contribution in [1.29, 1.82) is 0 Å². The highest BCUT2D eigenvalue weighted by Crippen LogP contribution is 2.22. The maximum absolute atomic E-state index is 12.5. The molecule has 28 heavy (non-hydrogen) atoms. The van der Waals surface area contributed by atoms with Gasteiger partial charge < -0.3 is 14.5 Å². The lowest BCUT2D eigenvalue weighted by atomic mass is 10.1. The van der Waals surface area contributed by atoms with E-state index in [0.717, 1.165) is 11.1 Å². The molecule has 5 nitrogen and oxygen atoms in total. The summed E-state index contributed by atoms with van der Waals surface area (Å²) >= 11 is 0. The molecule has 1 aromatic heterocycles. The zero-order chi connectivity index (χ0) is 19.3. The van der Waals surface area contributed by atoms with Crippen molar-refractivity contribution >= 4 is 34.1 Å². The minimum Gasteiger partial charge on any atom is -0.453 e. The number of rotatable bonds is 6. The summed E-state index contributed by atoms with van der Waals surface area (Å²) in [5, 5.41) is 4.01. The second-order valence-corrected chi connectivity index (χ2v) is 6.18. The fraction of sp³-hybridized carbons (Fsp3) is 0.0435. The minimum atomic E-state index is -0.580. The molecule has 0 radical (unpaired) electrons. The Kier molecular flexibility index (Phi) is 4.89. The van der Waals surface area contributed by atoms with Crippen LogP contribution in [0.2, 0.25) is 0 Å². The zero-order valence-corrected chi connectivity index (χ0v) is 14.9. The monoisotopic (exact) mass is 371 g/mol. The van der Waals surface area contributed by atoms with Crippen molar-refractivity contribution in [2.75, 3.05) is 11.9 Å². The van der Waals surface area contributed by atoms with Crippen LogP contribution < -0.4 is 5.32 Å². The van der Waals surface area contributed by atoms with E-state index < -0.39 is 18.4 Å². The van der Waals surface area contributed by atoms with Crippen molar-refractivity contribution in [3.05, 3.63) is 96.3 Å². The molecule has 0 aliphatic rings. The number of anilines is 2. The predicted molar refractivity (Wildman–Crippen MR) is 107 cm³/mol. The van der Waals surface area contributed by atoms with Crippen LogP contribution in [0.3, 0.4) is 0 Å². The second-order valence-electron chi connectivity index (χ2n) is 6.18. The standard InChI is InChI=1S/C23H17NO4/c25-20(22-14-16-8-4-7-13-21(16)28-22)15-27-23(26)18-11-5-6-12-19(18)24-17-9-2-1-3-10-17/h1-14,24H,15H2. The average molecular weight is 371 g/mol. The van der Waals surface area contributed by atoms with E-state index in [0.29, 0.717) is 16.8 Å². The highest BCUT2D eigenvalue weighted by Gasteiger charge is 2.17. The lowest BCUT2D eigenvalue weighted by molar-refractivity contribution is 0.0469. The van der Waals surface area contributed by atoms with E-state index in [-0.39, 0.29) is 5.76 Å². The first-order valence-electron chi connectivity index (χ1n) is 8.81. The van der Waals surface area contributed by atoms with Crippen LogP contribution in [0.15, 0.2) is 89.3 Å². The summed E-state index contributed by atoms with van der Waals surface area (Å²) < 4.78 is 10.7. The molecular formula is C23H17NO4. The maximum atomic E-state index is 12.5. The largest absolute Gasteiger partial charge is 0.453 e. The molecule has 0 atom stereocenters. The van der Waals surface area contributed by atoms with Gasteiger partial charge in [-0.25, -0.2) is 4.79 Å². The fourth-order valence-corrected chi connectivity index (χ4v) is 2.85. The van der Waals surface area contributed by atoms with Gasteiger partial charge in [-0.15, -0.1) is 0 Å². The number of benzene rings is 3. The van der Waals surface area contributed by atoms with E-state index in [9.17, 15) is 9.59 Å². The number of Topliss-reactive ketones (excluding diaryl/α,β-unsaturated/α-hetero) is 1. The third-order valence-corrected chi connectivity index (χ3v) is 4.23. The van der Waals surface area contributed by atoms with Gasteiger partial charge in [-0.05, 0) is 36.4 Å². The number of para-hydroxylation sites is 3. The van der Waals surface area contributed by atoms with Gasteiger partial charge in [0.05, 0.1) is 11.3 Å². The molecule has 138 valence electrons. The van der Waals surface area contributed by atoms with Gasteiger partial charge in [-0.2, -0.15) is 0 Å². The predicted octanol–water partition coefficient (Wildman–Crippen LogP) is 5.22. The molecule has 0 saturated heterocycles. The Bertz CT molecular complexity index is 1100. The molecule has 0 aliphatic carbocycles. The Morgan fingerprint density at radius 2 is 1.57 bits per heavy atom. The molecule has 0 bridgehead atoms. The van der Waals surface area contributed by atoms with Crippen LogP contribution in [-0.2, 0) is 4.74 Å². The highest BCUT2D eigenvalue weighted by atomic mass is 16.5. The van der Waals surface area contributed by atoms with Gasteiger partial charge >= 0.3 is 5.97 Å². The molecule has 0 fully saturated rings. The quantitative estimate of drug-likeness (QED) is 0.372. The summed E-state index contributed by atoms with van der Waals surface area (Å²) in [7, 11) is 0. The van der Waals surface area contributed by atoms with Gasteiger partial charge in [0.1, 0.15) is 5.58 Å². The molecule has 1 heterocycles. The number of esters is 1. The Balaban J connectivity index is 1.46. The summed E-state index contributed by atoms with van der Waals surface area (Å²) in [4.78, 5) is 24.9. The first kappa shape index (κ1) is 17.5. The van der Waals surface area contributed by atoms with Gasteiger partial charge in [-0.1, -0.05) is 48.5 Å². The number of nitrogens with one attached hydrogen (secondary N) is 1. The molecule has 0 amide bonds. The maximum Gasteiger partial charge on any atom is 0.340 e. The third kappa shape index (κ3) is 3.78. The normalized spacial score (nSPS) is 10.6. The zero-order valence-electron chi connectivity index (χ0n) is 14.9. The Morgan fingerprint density at radius 1 is 0.857 bits per heavy atom. The first-order valence-corrected chi connectivity index (χ1v) is 8.81. The van der Waals surface area contributed by atoms with Crippen molar-refractivity contribution in [3.63, 3.8) is 0 Å². The Labute approximate surface area is 161 Å². The third-order valence-electron chi connectivity index (χ3n) is 4.23. The molecule has 0 saturated carbocycles. The van der Waals surface area contributed by atoms with Crippen molar-refractivity contribution in [1.82, 2.24) is 0 Å². The van der Waals surface area contributed by atoms with E-state index in [1.807, 2.05) is 54.6 Å². The smallest absolute Gasteiger partial charge is 0.340 e. The SMILES string of the molecule is O=C(COC(=O)c1ccccc1Nc1ccccc1)c1cc2ccccc2o1. The number of furan rings is 1. The number of carbonyl (C=O) groups excluding carboxylic acids is 2. The van der Waals surface area contributed by atoms with Crippen LogP contribution in [0, 0.1) is 0 Å². The minimum absolute atomic E-state index is 0.171. The van der Waals surface area contributed by atoms with Gasteiger partial charge in [0.25, 0.3) is 0 Å². The van der Waals surface area contributed by atoms with Gasteiger partial charge in [0.15, 0.2) is 12.4 Å². The van der Waals surface area contributed by atoms with E-state index in [1.165, 1.54) is 0 Å². The fourth-order valence-electron chi connectivity index (χ4n) is 2.85. The Morgan fingerprint density at radius 3 is 2.39 bits per heavy atom. The van der Waals surface area contributed by atoms with Gasteiger partial charge in [0, 0.05) is 11.1 Å². The molecule has 3 aromatic carbocycles. The molecule has 5 heteroatoms. The lowest BCUT2D eigenvalue weighted by Gasteiger charge is -2.11. The van der Waals surface area contributed by atoms with Crippen molar-refractivity contribution < 1.29 is 18.7 Å². The van der Waals surface area contributed by atoms with E-state index in [4.69, 9.17) is 9.15 Å². The lowest BCUT2D eigenvalue weighted by Crippen LogP contribution is -2.15. The summed E-state index contributed by atoms with van der Waals surface area (Å²) in [6.07, 6.45) is 0. The van der Waals surface area contributed by atoms with Crippen molar-refractivity contribution in [2.24, 2.45) is 0 Å². The van der Waals surface area contributed by atoms with Crippen LogP contribution in [-0.4, -0.2) is 18.4 Å². The number of fused-ring (bicyclic) bond motifs is 1. The number of hydrogen-bond acceptors (Lipinski definition) is 5. The highest BCUT2D eigenvalue weighted by molar-refractivity contribution is 6.01. The van der Waals surface area contributed by atoms with Crippen molar-refractivity contribution in [3.8, 4) is 0 Å². The number of ketones is 1. The molecule has 4 rings (SSSR count). The van der Waals surface area contributed by atoms with E-state index in [1.54, 1.807) is 30.3 Å². The number of hydrogen-bond donors (Lipinski definition) is 1. The van der Waals surface area contributed by atoms with E-state index >= 15 is 0 Å². The number of carbonyl (C=O) groups is 2. The molecule has 0 aliphatic heterocycles. The Hall–Kier alpha value is -3.86. The summed E-state index contributed by atoms with van der Waals surface area (Å²) in [5.41, 5.74) is 2.43. The van der Waals surface area contributed by atoms with Gasteiger partial charge in [0.2, 0.25) is 5.78 Å². The molecule has 4 aromatic rings. The van der Waals surface area contributed by atoms with Gasteiger partial charge in [-0.3, -0.25) is 4.79 Å². The molecule has 0 spiro atoms. The first-order chi connectivity index (χ1) is 13.7. The molecular weight excluding hydrogens is 354 g/mol. The van der Waals surface area contributed by atoms with Crippen LogP contribution in [0.1, 0.15) is 20.9 Å². The average Bonchev–Trinajstić information content (AvgIpc) is 3.17.